The average molecular weight is 364 g/mol. The zero-order valence-electron chi connectivity index (χ0n) is 16.3. The molecule has 0 unspecified atom stereocenters. The predicted octanol–water partition coefficient (Wildman–Crippen LogP) is 5.43. The molecule has 0 saturated heterocycles. The average Bonchev–Trinajstić information content (AvgIpc) is 3.14. The van der Waals surface area contributed by atoms with Gasteiger partial charge in [0.15, 0.2) is 0 Å². The lowest BCUT2D eigenvalue weighted by Crippen LogP contribution is -2.03. The molecule has 2 aromatic rings. The van der Waals surface area contributed by atoms with Crippen LogP contribution in [0.1, 0.15) is 68.7 Å². The van der Waals surface area contributed by atoms with E-state index in [9.17, 15) is 5.26 Å². The van der Waals surface area contributed by atoms with Crippen LogP contribution in [0, 0.1) is 11.3 Å². The fourth-order valence-electron chi connectivity index (χ4n) is 3.82. The second kappa shape index (κ2) is 9.41. The Morgan fingerprint density at radius 1 is 1.07 bits per heavy atom. The van der Waals surface area contributed by atoms with Crippen molar-refractivity contribution in [2.75, 3.05) is 12.3 Å². The Kier molecular flexibility index (Phi) is 6.70. The quantitative estimate of drug-likeness (QED) is 0.603. The first-order valence-electron chi connectivity index (χ1n) is 10.2. The summed E-state index contributed by atoms with van der Waals surface area (Å²) >= 11 is 0. The van der Waals surface area contributed by atoms with Gasteiger partial charge in [-0.2, -0.15) is 5.26 Å². The third-order valence-corrected chi connectivity index (χ3v) is 5.27. The highest BCUT2D eigenvalue weighted by Crippen LogP contribution is 2.37. The normalized spacial score (nSPS) is 12.6. The molecular formula is C23H29N3O. The Morgan fingerprint density at radius 3 is 2.56 bits per heavy atom. The van der Waals surface area contributed by atoms with Crippen molar-refractivity contribution in [3.05, 3.63) is 41.1 Å². The van der Waals surface area contributed by atoms with Gasteiger partial charge >= 0.3 is 0 Å². The molecule has 1 heterocycles. The minimum absolute atomic E-state index is 0.344. The van der Waals surface area contributed by atoms with E-state index >= 15 is 0 Å². The number of nitrogens with zero attached hydrogens (tertiary/aromatic N) is 2. The molecule has 0 atom stereocenters. The lowest BCUT2D eigenvalue weighted by Gasteiger charge is -2.13. The number of rotatable bonds is 9. The smallest absolute Gasteiger partial charge is 0.142 e. The Bertz CT molecular complexity index is 805. The van der Waals surface area contributed by atoms with Crippen molar-refractivity contribution in [3.8, 4) is 22.9 Å². The number of nitrogen functional groups attached to an aromatic ring is 1. The van der Waals surface area contributed by atoms with Gasteiger partial charge in [0.25, 0.3) is 0 Å². The van der Waals surface area contributed by atoms with Crippen LogP contribution in [0.3, 0.4) is 0 Å². The van der Waals surface area contributed by atoms with Crippen molar-refractivity contribution in [2.24, 2.45) is 0 Å². The number of benzene rings is 1. The number of hydrogen-bond acceptors (Lipinski definition) is 4. The lowest BCUT2D eigenvalue weighted by atomic mass is 9.94. The number of unbranched alkanes of at least 4 members (excludes halogenated alkanes) is 5. The zero-order chi connectivity index (χ0) is 19.1. The van der Waals surface area contributed by atoms with Gasteiger partial charge in [0.1, 0.15) is 23.2 Å². The third-order valence-electron chi connectivity index (χ3n) is 5.27. The lowest BCUT2D eigenvalue weighted by molar-refractivity contribution is 0.304. The first kappa shape index (κ1) is 19.2. The number of ether oxygens (including phenoxy) is 1. The molecule has 4 nitrogen and oxygen atoms in total. The molecule has 1 aliphatic rings. The second-order valence-corrected chi connectivity index (χ2v) is 7.28. The summed E-state index contributed by atoms with van der Waals surface area (Å²) in [5.74, 6) is 1.22. The number of nitrogens with two attached hydrogens (primary N) is 1. The van der Waals surface area contributed by atoms with E-state index in [0.29, 0.717) is 11.4 Å². The van der Waals surface area contributed by atoms with E-state index in [-0.39, 0.29) is 0 Å². The number of aromatic nitrogens is 1. The van der Waals surface area contributed by atoms with Gasteiger partial charge in [-0.15, -0.1) is 0 Å². The standard InChI is InChI=1S/C23H29N3O/c1-2-3-4-5-6-7-15-27-18-13-11-17(12-14-18)22-19-9-8-10-21(19)26-23(25)20(22)16-24/h11-14H,2-10,15H2,1H3,(H2,25,26). The topological polar surface area (TPSA) is 71.9 Å². The molecule has 2 N–H and O–H groups in total. The zero-order valence-corrected chi connectivity index (χ0v) is 16.3. The van der Waals surface area contributed by atoms with Crippen molar-refractivity contribution in [1.29, 1.82) is 5.26 Å². The van der Waals surface area contributed by atoms with Crippen molar-refractivity contribution in [3.63, 3.8) is 0 Å². The highest BCUT2D eigenvalue weighted by atomic mass is 16.5. The molecule has 0 spiro atoms. The molecule has 142 valence electrons. The number of anilines is 1. The molecule has 27 heavy (non-hydrogen) atoms. The summed E-state index contributed by atoms with van der Waals surface area (Å²) in [5.41, 5.74) is 10.7. The molecule has 0 amide bonds. The molecule has 0 aliphatic heterocycles. The molecule has 1 aromatic heterocycles. The molecule has 0 saturated carbocycles. The molecule has 0 bridgehead atoms. The van der Waals surface area contributed by atoms with Gasteiger partial charge in [-0.1, -0.05) is 51.2 Å². The summed E-state index contributed by atoms with van der Waals surface area (Å²) in [4.78, 5) is 4.44. The predicted molar refractivity (Wildman–Crippen MR) is 110 cm³/mol. The number of fused-ring (bicyclic) bond motifs is 1. The first-order chi connectivity index (χ1) is 13.2. The Morgan fingerprint density at radius 2 is 1.81 bits per heavy atom. The number of pyridine rings is 1. The van der Waals surface area contributed by atoms with Crippen LogP contribution in [0.15, 0.2) is 24.3 Å². The van der Waals surface area contributed by atoms with Gasteiger partial charge in [-0.05, 0) is 48.9 Å². The van der Waals surface area contributed by atoms with E-state index in [2.05, 4.69) is 18.0 Å². The van der Waals surface area contributed by atoms with Gasteiger partial charge < -0.3 is 10.5 Å². The van der Waals surface area contributed by atoms with Crippen LogP contribution in [0.2, 0.25) is 0 Å². The van der Waals surface area contributed by atoms with Crippen LogP contribution in [0.4, 0.5) is 5.82 Å². The van der Waals surface area contributed by atoms with Crippen molar-refractivity contribution in [2.45, 2.75) is 64.7 Å². The van der Waals surface area contributed by atoms with E-state index in [1.807, 2.05) is 24.3 Å². The van der Waals surface area contributed by atoms with Gasteiger partial charge in [0.2, 0.25) is 0 Å². The van der Waals surface area contributed by atoms with E-state index in [1.165, 1.54) is 37.7 Å². The SMILES string of the molecule is CCCCCCCCOc1ccc(-c2c(C#N)c(N)nc3c2CCC3)cc1. The molecule has 3 rings (SSSR count). The van der Waals surface area contributed by atoms with E-state index in [0.717, 1.165) is 54.9 Å². The third kappa shape index (κ3) is 4.60. The summed E-state index contributed by atoms with van der Waals surface area (Å²) in [6, 6.07) is 10.3. The van der Waals surface area contributed by atoms with Crippen molar-refractivity contribution >= 4 is 5.82 Å². The largest absolute Gasteiger partial charge is 0.494 e. The summed E-state index contributed by atoms with van der Waals surface area (Å²) in [6.07, 6.45) is 10.5. The summed E-state index contributed by atoms with van der Waals surface area (Å²) < 4.78 is 5.87. The van der Waals surface area contributed by atoms with Gasteiger partial charge in [0, 0.05) is 11.3 Å². The number of hydrogen-bond donors (Lipinski definition) is 1. The number of nitriles is 1. The maximum atomic E-state index is 9.57. The maximum absolute atomic E-state index is 9.57. The monoisotopic (exact) mass is 363 g/mol. The van der Waals surface area contributed by atoms with E-state index in [4.69, 9.17) is 10.5 Å². The number of aryl methyl sites for hydroxylation is 1. The molecule has 0 radical (unpaired) electrons. The second-order valence-electron chi connectivity index (χ2n) is 7.28. The highest BCUT2D eigenvalue weighted by molar-refractivity contribution is 5.79. The van der Waals surface area contributed by atoms with E-state index in [1.54, 1.807) is 0 Å². The molecule has 4 heteroatoms. The fourth-order valence-corrected chi connectivity index (χ4v) is 3.82. The van der Waals surface area contributed by atoms with Gasteiger partial charge in [0.05, 0.1) is 6.61 Å². The molecule has 0 fully saturated rings. The van der Waals surface area contributed by atoms with Gasteiger partial charge in [-0.25, -0.2) is 4.98 Å². The Labute approximate surface area is 162 Å². The fraction of sp³-hybridized carbons (Fsp3) is 0.478. The minimum atomic E-state index is 0.344. The molecule has 1 aromatic carbocycles. The Balaban J connectivity index is 1.66. The van der Waals surface area contributed by atoms with Crippen LogP contribution in [-0.4, -0.2) is 11.6 Å². The summed E-state index contributed by atoms with van der Waals surface area (Å²) in [5, 5.41) is 9.57. The van der Waals surface area contributed by atoms with Gasteiger partial charge in [-0.3, -0.25) is 0 Å². The summed E-state index contributed by atoms with van der Waals surface area (Å²) in [6.45, 7) is 2.99. The van der Waals surface area contributed by atoms with Crippen LogP contribution in [0.25, 0.3) is 11.1 Å². The Hall–Kier alpha value is -2.54. The minimum Gasteiger partial charge on any atom is -0.494 e. The van der Waals surface area contributed by atoms with Crippen LogP contribution < -0.4 is 10.5 Å². The van der Waals surface area contributed by atoms with Crippen molar-refractivity contribution in [1.82, 2.24) is 4.98 Å². The van der Waals surface area contributed by atoms with Crippen LogP contribution in [-0.2, 0) is 12.8 Å². The molecule has 1 aliphatic carbocycles. The van der Waals surface area contributed by atoms with E-state index < -0.39 is 0 Å². The molecular weight excluding hydrogens is 334 g/mol. The summed E-state index contributed by atoms with van der Waals surface area (Å²) in [7, 11) is 0. The first-order valence-corrected chi connectivity index (χ1v) is 10.2. The highest BCUT2D eigenvalue weighted by Gasteiger charge is 2.23. The maximum Gasteiger partial charge on any atom is 0.142 e. The van der Waals surface area contributed by atoms with Crippen molar-refractivity contribution < 1.29 is 4.74 Å². The van der Waals surface area contributed by atoms with Crippen LogP contribution in [0.5, 0.6) is 5.75 Å². The van der Waals surface area contributed by atoms with Crippen LogP contribution >= 0.6 is 0 Å².